The Morgan fingerprint density at radius 2 is 1.88 bits per heavy atom. The van der Waals surface area contributed by atoms with Crippen LogP contribution in [0.25, 0.3) is 11.5 Å². The number of likely N-dealkylation sites (tertiary alicyclic amines) is 1. The van der Waals surface area contributed by atoms with Gasteiger partial charge < -0.3 is 29.0 Å². The lowest BCUT2D eigenvalue weighted by atomic mass is 10.1. The zero-order valence-electron chi connectivity index (χ0n) is 20.3. The average molecular weight is 475 g/mol. The maximum Gasteiger partial charge on any atom is 0.410 e. The molecule has 10 heteroatoms. The summed E-state index contributed by atoms with van der Waals surface area (Å²) in [5.41, 5.74) is 0.778. The number of piperidine rings is 1. The number of nitrogens with one attached hydrogen (secondary N) is 1. The maximum absolute atomic E-state index is 12.2. The van der Waals surface area contributed by atoms with Crippen molar-refractivity contribution in [2.75, 3.05) is 33.4 Å². The van der Waals surface area contributed by atoms with Gasteiger partial charge in [0.05, 0.1) is 6.10 Å². The number of hydrogen-bond acceptors (Lipinski definition) is 8. The summed E-state index contributed by atoms with van der Waals surface area (Å²) in [5, 5.41) is 6.84. The van der Waals surface area contributed by atoms with Gasteiger partial charge in [-0.25, -0.2) is 4.79 Å². The maximum atomic E-state index is 12.2. The van der Waals surface area contributed by atoms with Crippen LogP contribution in [-0.2, 0) is 20.8 Å². The highest BCUT2D eigenvalue weighted by Crippen LogP contribution is 2.20. The van der Waals surface area contributed by atoms with Crippen molar-refractivity contribution in [3.05, 3.63) is 35.7 Å². The molecule has 0 spiro atoms. The Labute approximate surface area is 199 Å². The number of benzene rings is 1. The smallest absolute Gasteiger partial charge is 0.410 e. The highest BCUT2D eigenvalue weighted by molar-refractivity contribution is 5.94. The Bertz CT molecular complexity index is 930. The van der Waals surface area contributed by atoms with Crippen LogP contribution in [0.5, 0.6) is 0 Å². The summed E-state index contributed by atoms with van der Waals surface area (Å²) in [5.74, 6) is 0.676. The summed E-state index contributed by atoms with van der Waals surface area (Å²) in [7, 11) is 1.63. The molecule has 0 atom stereocenters. The van der Waals surface area contributed by atoms with Crippen molar-refractivity contribution in [1.29, 1.82) is 0 Å². The van der Waals surface area contributed by atoms with Crippen LogP contribution in [-0.4, -0.2) is 72.1 Å². The molecule has 1 aliphatic rings. The molecule has 1 aromatic heterocycles. The number of nitrogens with zero attached hydrogens (tertiary/aromatic N) is 3. The van der Waals surface area contributed by atoms with Gasteiger partial charge in [-0.05, 0) is 64.3 Å². The number of ether oxygens (including phenoxy) is 3. The summed E-state index contributed by atoms with van der Waals surface area (Å²) < 4.78 is 21.7. The summed E-state index contributed by atoms with van der Waals surface area (Å²) in [6.45, 7) is 8.13. The van der Waals surface area contributed by atoms with E-state index in [1.54, 1.807) is 36.3 Å². The standard InChI is InChI=1S/C24H34N4O6/c1-24(2,3)33-23(30)28-13-10-19(11-14-28)32-16-20-26-22(34-27-20)18-8-6-17(7-9-18)21(29)25-12-5-15-31-4/h6-9,19H,5,10-16H2,1-4H3,(H,25,29). The van der Waals surface area contributed by atoms with Crippen LogP contribution in [0.1, 0.15) is 56.2 Å². The van der Waals surface area contributed by atoms with Crippen molar-refractivity contribution in [2.45, 2.75) is 58.3 Å². The van der Waals surface area contributed by atoms with E-state index in [-0.39, 0.29) is 24.7 Å². The van der Waals surface area contributed by atoms with Crippen LogP contribution in [0, 0.1) is 0 Å². The second kappa shape index (κ2) is 11.9. The molecule has 0 unspecified atom stereocenters. The number of amides is 2. The van der Waals surface area contributed by atoms with Crippen LogP contribution in [0.4, 0.5) is 4.79 Å². The van der Waals surface area contributed by atoms with Gasteiger partial charge in [0.1, 0.15) is 12.2 Å². The largest absolute Gasteiger partial charge is 0.444 e. The number of aromatic nitrogens is 2. The first-order valence-corrected chi connectivity index (χ1v) is 11.5. The molecule has 0 saturated carbocycles. The van der Waals surface area contributed by atoms with Gasteiger partial charge in [-0.2, -0.15) is 4.98 Å². The first-order valence-electron chi connectivity index (χ1n) is 11.5. The van der Waals surface area contributed by atoms with E-state index in [1.807, 2.05) is 20.8 Å². The topological polar surface area (TPSA) is 116 Å². The van der Waals surface area contributed by atoms with Crippen molar-refractivity contribution in [3.63, 3.8) is 0 Å². The van der Waals surface area contributed by atoms with Gasteiger partial charge in [-0.15, -0.1) is 0 Å². The zero-order chi connectivity index (χ0) is 24.6. The summed E-state index contributed by atoms with van der Waals surface area (Å²) >= 11 is 0. The molecule has 0 bridgehead atoms. The molecule has 1 aliphatic heterocycles. The molecule has 1 N–H and O–H groups in total. The van der Waals surface area contributed by atoms with Crippen molar-refractivity contribution < 1.29 is 28.3 Å². The molecular weight excluding hydrogens is 440 g/mol. The van der Waals surface area contributed by atoms with Crippen LogP contribution in [0.3, 0.4) is 0 Å². The Kier molecular flexibility index (Phi) is 9.00. The Balaban J connectivity index is 1.43. The van der Waals surface area contributed by atoms with E-state index in [0.29, 0.717) is 43.5 Å². The number of rotatable bonds is 9. The van der Waals surface area contributed by atoms with Crippen LogP contribution >= 0.6 is 0 Å². The van der Waals surface area contributed by atoms with Gasteiger partial charge in [0.2, 0.25) is 0 Å². The Morgan fingerprint density at radius 1 is 1.18 bits per heavy atom. The van der Waals surface area contributed by atoms with E-state index in [0.717, 1.165) is 24.8 Å². The predicted molar refractivity (Wildman–Crippen MR) is 124 cm³/mol. The molecule has 1 fully saturated rings. The SMILES string of the molecule is COCCCNC(=O)c1ccc(-c2nc(COC3CCN(C(=O)OC(C)(C)C)CC3)no2)cc1. The van der Waals surface area contributed by atoms with Crippen LogP contribution in [0.15, 0.2) is 28.8 Å². The van der Waals surface area contributed by atoms with Gasteiger partial charge in [0.15, 0.2) is 5.82 Å². The molecule has 10 nitrogen and oxygen atoms in total. The third kappa shape index (κ3) is 7.81. The van der Waals surface area contributed by atoms with E-state index in [9.17, 15) is 9.59 Å². The fourth-order valence-corrected chi connectivity index (χ4v) is 3.44. The van der Waals surface area contributed by atoms with E-state index in [2.05, 4.69) is 15.5 Å². The zero-order valence-corrected chi connectivity index (χ0v) is 20.3. The third-order valence-corrected chi connectivity index (χ3v) is 5.21. The quantitative estimate of drug-likeness (QED) is 0.550. The van der Waals surface area contributed by atoms with Crippen molar-refractivity contribution in [1.82, 2.24) is 20.4 Å². The first-order chi connectivity index (χ1) is 16.2. The van der Waals surface area contributed by atoms with Gasteiger partial charge in [-0.1, -0.05) is 5.16 Å². The Morgan fingerprint density at radius 3 is 2.53 bits per heavy atom. The molecule has 1 aromatic carbocycles. The normalized spacial score (nSPS) is 14.8. The highest BCUT2D eigenvalue weighted by Gasteiger charge is 2.27. The minimum Gasteiger partial charge on any atom is -0.444 e. The summed E-state index contributed by atoms with van der Waals surface area (Å²) in [6, 6.07) is 6.99. The van der Waals surface area contributed by atoms with Gasteiger partial charge in [-0.3, -0.25) is 4.79 Å². The minimum absolute atomic E-state index is 0.0160. The fourth-order valence-electron chi connectivity index (χ4n) is 3.44. The summed E-state index contributed by atoms with van der Waals surface area (Å²) in [4.78, 5) is 30.4. The fraction of sp³-hybridized carbons (Fsp3) is 0.583. The van der Waals surface area contributed by atoms with E-state index < -0.39 is 5.60 Å². The first kappa shape index (κ1) is 25.6. The summed E-state index contributed by atoms with van der Waals surface area (Å²) in [6.07, 6.45) is 1.93. The molecule has 34 heavy (non-hydrogen) atoms. The van der Waals surface area contributed by atoms with Crippen molar-refractivity contribution in [3.8, 4) is 11.5 Å². The van der Waals surface area contributed by atoms with Crippen molar-refractivity contribution in [2.24, 2.45) is 0 Å². The lowest BCUT2D eigenvalue weighted by Crippen LogP contribution is -2.43. The number of hydrogen-bond donors (Lipinski definition) is 1. The van der Waals surface area contributed by atoms with E-state index in [1.165, 1.54) is 0 Å². The molecule has 186 valence electrons. The molecule has 0 aliphatic carbocycles. The molecule has 1 saturated heterocycles. The Hall–Kier alpha value is -2.98. The van der Waals surface area contributed by atoms with Gasteiger partial charge in [0.25, 0.3) is 11.8 Å². The number of carbonyl (C=O) groups is 2. The lowest BCUT2D eigenvalue weighted by molar-refractivity contribution is -0.0190. The monoisotopic (exact) mass is 474 g/mol. The number of methoxy groups -OCH3 is 1. The van der Waals surface area contributed by atoms with Gasteiger partial charge >= 0.3 is 6.09 Å². The second-order valence-electron chi connectivity index (χ2n) is 9.17. The predicted octanol–water partition coefficient (Wildman–Crippen LogP) is 3.42. The average Bonchev–Trinajstić information content (AvgIpc) is 3.29. The molecule has 3 rings (SSSR count). The van der Waals surface area contributed by atoms with E-state index in [4.69, 9.17) is 18.7 Å². The van der Waals surface area contributed by atoms with Crippen LogP contribution < -0.4 is 5.32 Å². The van der Waals surface area contributed by atoms with Crippen molar-refractivity contribution >= 4 is 12.0 Å². The van der Waals surface area contributed by atoms with Crippen LogP contribution in [0.2, 0.25) is 0 Å². The highest BCUT2D eigenvalue weighted by atomic mass is 16.6. The number of carbonyl (C=O) groups excluding carboxylic acids is 2. The molecular formula is C24H34N4O6. The molecule has 2 amide bonds. The minimum atomic E-state index is -0.502. The molecule has 0 radical (unpaired) electrons. The van der Waals surface area contributed by atoms with E-state index >= 15 is 0 Å². The third-order valence-electron chi connectivity index (χ3n) is 5.21. The lowest BCUT2D eigenvalue weighted by Gasteiger charge is -2.33. The molecule has 2 aromatic rings. The molecule has 2 heterocycles. The van der Waals surface area contributed by atoms with Gasteiger partial charge in [0, 0.05) is 44.5 Å². The second-order valence-corrected chi connectivity index (χ2v) is 9.17.